The number of carbonyl (C=O) groups is 2. The predicted octanol–water partition coefficient (Wildman–Crippen LogP) is 2.90. The van der Waals surface area contributed by atoms with E-state index in [1.54, 1.807) is 24.3 Å². The first-order chi connectivity index (χ1) is 15.5. The minimum atomic E-state index is -1.41. The summed E-state index contributed by atoms with van der Waals surface area (Å²) in [6, 6.07) is 14.2. The number of piperazine rings is 1. The van der Waals surface area contributed by atoms with E-state index in [-0.39, 0.29) is 24.5 Å². The highest BCUT2D eigenvalue weighted by Crippen LogP contribution is 2.22. The average Bonchev–Trinajstić information content (AvgIpc) is 2.81. The maximum absolute atomic E-state index is 14.1. The second kappa shape index (κ2) is 9.13. The van der Waals surface area contributed by atoms with Gasteiger partial charge in [-0.05, 0) is 42.5 Å². The van der Waals surface area contributed by atoms with Crippen molar-refractivity contribution in [3.63, 3.8) is 0 Å². The van der Waals surface area contributed by atoms with Crippen molar-refractivity contribution in [3.05, 3.63) is 100 Å². The van der Waals surface area contributed by atoms with Crippen molar-refractivity contribution in [2.24, 2.45) is 0 Å². The van der Waals surface area contributed by atoms with E-state index >= 15 is 0 Å². The first kappa shape index (κ1) is 21.4. The van der Waals surface area contributed by atoms with E-state index in [2.05, 4.69) is 0 Å². The fourth-order valence-electron chi connectivity index (χ4n) is 3.83. The maximum atomic E-state index is 14.1. The van der Waals surface area contributed by atoms with E-state index in [0.29, 0.717) is 18.8 Å². The third-order valence-corrected chi connectivity index (χ3v) is 5.52. The Morgan fingerprint density at radius 2 is 1.47 bits per heavy atom. The second-order valence-electron chi connectivity index (χ2n) is 7.48. The lowest BCUT2D eigenvalue weighted by Gasteiger charge is -2.37. The molecule has 2 aromatic carbocycles. The van der Waals surface area contributed by atoms with Crippen LogP contribution in [0.25, 0.3) is 0 Å². The van der Waals surface area contributed by atoms with Crippen LogP contribution in [0.3, 0.4) is 0 Å². The van der Waals surface area contributed by atoms with E-state index in [1.165, 1.54) is 41.4 Å². The zero-order valence-electron chi connectivity index (χ0n) is 17.2. The van der Waals surface area contributed by atoms with Crippen molar-refractivity contribution >= 4 is 17.4 Å². The molecule has 4 rings (SSSR count). The van der Waals surface area contributed by atoms with Crippen molar-refractivity contribution in [3.8, 4) is 0 Å². The Kier molecular flexibility index (Phi) is 6.11. The van der Waals surface area contributed by atoms with E-state index in [0.717, 1.165) is 16.7 Å². The highest BCUT2D eigenvalue weighted by Gasteiger charge is 2.35. The molecule has 0 bridgehead atoms. The number of ketones is 1. The highest BCUT2D eigenvalue weighted by atomic mass is 19.1. The van der Waals surface area contributed by atoms with E-state index in [9.17, 15) is 23.2 Å². The number of halogens is 2. The molecule has 1 aromatic heterocycles. The molecule has 32 heavy (non-hydrogen) atoms. The second-order valence-corrected chi connectivity index (χ2v) is 7.48. The van der Waals surface area contributed by atoms with Gasteiger partial charge in [0.1, 0.15) is 11.6 Å². The predicted molar refractivity (Wildman–Crippen MR) is 116 cm³/mol. The zero-order valence-corrected chi connectivity index (χ0v) is 17.2. The number of anilines is 1. The van der Waals surface area contributed by atoms with Crippen molar-refractivity contribution in [2.75, 3.05) is 31.1 Å². The third kappa shape index (κ3) is 4.30. The summed E-state index contributed by atoms with van der Waals surface area (Å²) in [4.78, 5) is 42.4. The molecule has 0 N–H and O–H groups in total. The van der Waals surface area contributed by atoms with E-state index in [4.69, 9.17) is 0 Å². The monoisotopic (exact) mass is 437 g/mol. The molecule has 1 unspecified atom stereocenters. The number of Topliss-reactive ketones (excluding diaryl/α,β-unsaturated/α-hetero) is 1. The van der Waals surface area contributed by atoms with Crippen molar-refractivity contribution < 1.29 is 18.4 Å². The first-order valence-electron chi connectivity index (χ1n) is 10.2. The van der Waals surface area contributed by atoms with Gasteiger partial charge in [-0.2, -0.15) is 0 Å². The lowest BCUT2D eigenvalue weighted by Crippen LogP contribution is -2.52. The molecule has 1 aliphatic heterocycles. The summed E-state index contributed by atoms with van der Waals surface area (Å²) in [5, 5.41) is 0. The van der Waals surface area contributed by atoms with Gasteiger partial charge < -0.3 is 9.80 Å². The standard InChI is InChI=1S/C24H21F2N3O3/c25-18-10-8-17(9-11-18)23(31)22(29-12-4-3-7-21(29)30)24(32)28-15-13-27(14-16-28)20-6-2-1-5-19(20)26/h1-12,22H,13-16H2. The first-order valence-corrected chi connectivity index (χ1v) is 10.2. The minimum absolute atomic E-state index is 0.130. The molecule has 0 radical (unpaired) electrons. The summed E-state index contributed by atoms with van der Waals surface area (Å²) in [6.07, 6.45) is 1.39. The van der Waals surface area contributed by atoms with E-state index < -0.39 is 29.1 Å². The van der Waals surface area contributed by atoms with Gasteiger partial charge in [-0.1, -0.05) is 18.2 Å². The Balaban J connectivity index is 1.59. The molecule has 1 amide bonds. The molecule has 8 heteroatoms. The summed E-state index contributed by atoms with van der Waals surface area (Å²) in [6.45, 7) is 1.30. The maximum Gasteiger partial charge on any atom is 0.253 e. The SMILES string of the molecule is O=C(c1ccc(F)cc1)C(C(=O)N1CCN(c2ccccc2F)CC1)n1ccccc1=O. The third-order valence-electron chi connectivity index (χ3n) is 5.52. The normalized spacial score (nSPS) is 14.8. The number of aromatic nitrogens is 1. The minimum Gasteiger partial charge on any atom is -0.366 e. The Morgan fingerprint density at radius 1 is 0.812 bits per heavy atom. The van der Waals surface area contributed by atoms with Crippen molar-refractivity contribution in [1.82, 2.24) is 9.47 Å². The summed E-state index contributed by atoms with van der Waals surface area (Å²) in [7, 11) is 0. The number of pyridine rings is 1. The smallest absolute Gasteiger partial charge is 0.253 e. The van der Waals surface area contributed by atoms with Gasteiger partial charge in [0, 0.05) is 44.0 Å². The molecule has 1 aliphatic rings. The fourth-order valence-corrected chi connectivity index (χ4v) is 3.83. The van der Waals surface area contributed by atoms with Gasteiger partial charge in [-0.3, -0.25) is 19.0 Å². The molecule has 1 atom stereocenters. The molecule has 1 fully saturated rings. The summed E-state index contributed by atoms with van der Waals surface area (Å²) < 4.78 is 28.5. The van der Waals surface area contributed by atoms with Gasteiger partial charge in [0.25, 0.3) is 11.5 Å². The summed E-state index contributed by atoms with van der Waals surface area (Å²) in [5.74, 6) is -1.97. The molecule has 6 nitrogen and oxygen atoms in total. The molecule has 0 aliphatic carbocycles. The van der Waals surface area contributed by atoms with Gasteiger partial charge in [0.2, 0.25) is 0 Å². The van der Waals surface area contributed by atoms with Gasteiger partial charge >= 0.3 is 0 Å². The van der Waals surface area contributed by atoms with Crippen molar-refractivity contribution in [1.29, 1.82) is 0 Å². The average molecular weight is 437 g/mol. The highest BCUT2D eigenvalue weighted by molar-refractivity contribution is 6.11. The number of hydrogen-bond donors (Lipinski definition) is 0. The van der Waals surface area contributed by atoms with Crippen LogP contribution in [0.15, 0.2) is 77.7 Å². The zero-order chi connectivity index (χ0) is 22.7. The van der Waals surface area contributed by atoms with Crippen LogP contribution in [0.2, 0.25) is 0 Å². The molecular weight excluding hydrogens is 416 g/mol. The van der Waals surface area contributed by atoms with Gasteiger partial charge in [0.15, 0.2) is 11.8 Å². The molecule has 1 saturated heterocycles. The van der Waals surface area contributed by atoms with Crippen LogP contribution in [0.4, 0.5) is 14.5 Å². The molecule has 2 heterocycles. The van der Waals surface area contributed by atoms with Crippen LogP contribution >= 0.6 is 0 Å². The van der Waals surface area contributed by atoms with Crippen LogP contribution in [-0.2, 0) is 4.79 Å². The Morgan fingerprint density at radius 3 is 2.12 bits per heavy atom. The van der Waals surface area contributed by atoms with Gasteiger partial charge in [0.05, 0.1) is 5.69 Å². The molecule has 164 valence electrons. The summed E-state index contributed by atoms with van der Waals surface area (Å²) >= 11 is 0. The number of carbonyl (C=O) groups excluding carboxylic acids is 2. The molecule has 0 spiro atoms. The van der Waals surface area contributed by atoms with Gasteiger partial charge in [-0.15, -0.1) is 0 Å². The molecule has 0 saturated carbocycles. The van der Waals surface area contributed by atoms with Crippen LogP contribution in [0.1, 0.15) is 16.4 Å². The number of amides is 1. The largest absolute Gasteiger partial charge is 0.366 e. The lowest BCUT2D eigenvalue weighted by atomic mass is 10.0. The number of hydrogen-bond acceptors (Lipinski definition) is 4. The number of rotatable bonds is 5. The van der Waals surface area contributed by atoms with Crippen LogP contribution < -0.4 is 10.5 Å². The number of nitrogens with zero attached hydrogens (tertiary/aromatic N) is 3. The van der Waals surface area contributed by atoms with E-state index in [1.807, 2.05) is 4.90 Å². The fraction of sp³-hybridized carbons (Fsp3) is 0.208. The van der Waals surface area contributed by atoms with Crippen molar-refractivity contribution in [2.45, 2.75) is 6.04 Å². The topological polar surface area (TPSA) is 62.6 Å². The van der Waals surface area contributed by atoms with Crippen LogP contribution in [0, 0.1) is 11.6 Å². The number of benzene rings is 2. The van der Waals surface area contributed by atoms with Crippen LogP contribution in [0.5, 0.6) is 0 Å². The van der Waals surface area contributed by atoms with Crippen LogP contribution in [-0.4, -0.2) is 47.3 Å². The quantitative estimate of drug-likeness (QED) is 0.455. The molecular formula is C24H21F2N3O3. The number of para-hydroxylation sites is 1. The Labute approximate surface area is 183 Å². The lowest BCUT2D eigenvalue weighted by molar-refractivity contribution is -0.133. The molecule has 3 aromatic rings. The Hall–Kier alpha value is -3.81. The Bertz CT molecular complexity index is 1190. The van der Waals surface area contributed by atoms with Gasteiger partial charge in [-0.25, -0.2) is 8.78 Å². The summed E-state index contributed by atoms with van der Waals surface area (Å²) in [5.41, 5.74) is 0.0922.